The van der Waals surface area contributed by atoms with Crippen LogP contribution in [0.5, 0.6) is 0 Å². The number of urea groups is 1. The predicted molar refractivity (Wildman–Crippen MR) is 107 cm³/mol. The smallest absolute Gasteiger partial charge is 0.317 e. The average Bonchev–Trinajstić information content (AvgIpc) is 2.66. The number of likely N-dealkylation sites (tertiary alicyclic amines) is 1. The minimum Gasteiger partial charge on any atom is -0.352 e. The van der Waals surface area contributed by atoms with Gasteiger partial charge in [0.2, 0.25) is 5.91 Å². The molecule has 3 rings (SSSR count). The lowest BCUT2D eigenvalue weighted by Gasteiger charge is -2.34. The molecule has 148 valence electrons. The van der Waals surface area contributed by atoms with Gasteiger partial charge in [0.25, 0.3) is 5.56 Å². The van der Waals surface area contributed by atoms with E-state index in [0.29, 0.717) is 19.1 Å². The molecular weight excluding hydrogens is 412 g/mol. The standard InChI is InChI=1S/C19H27BrN4O3/c20-14-6-7-18(26)24(12-14)13-17(25)21-16-8-10-23(11-9-16)19(27)22-15-4-2-1-3-5-15/h6-7,12,15-16H,1-5,8-11,13H2,(H,21,25)(H,22,27). The highest BCUT2D eigenvalue weighted by atomic mass is 79.9. The van der Waals surface area contributed by atoms with Gasteiger partial charge >= 0.3 is 6.03 Å². The summed E-state index contributed by atoms with van der Waals surface area (Å²) in [6, 6.07) is 3.46. The number of nitrogens with one attached hydrogen (secondary N) is 2. The minimum absolute atomic E-state index is 0.000649. The summed E-state index contributed by atoms with van der Waals surface area (Å²) in [5.41, 5.74) is -0.206. The van der Waals surface area contributed by atoms with Crippen molar-refractivity contribution in [1.29, 1.82) is 0 Å². The minimum atomic E-state index is -0.206. The maximum atomic E-state index is 12.4. The van der Waals surface area contributed by atoms with Crippen LogP contribution in [-0.4, -0.2) is 46.6 Å². The van der Waals surface area contributed by atoms with Gasteiger partial charge in [0.1, 0.15) is 6.54 Å². The number of piperidine rings is 1. The molecule has 0 atom stereocenters. The molecule has 2 heterocycles. The Morgan fingerprint density at radius 2 is 1.67 bits per heavy atom. The largest absolute Gasteiger partial charge is 0.352 e. The second kappa shape index (κ2) is 9.39. The van der Waals surface area contributed by atoms with Crippen molar-refractivity contribution in [3.63, 3.8) is 0 Å². The fourth-order valence-corrected chi connectivity index (χ4v) is 4.17. The molecule has 0 bridgehead atoms. The molecular formula is C19H27BrN4O3. The maximum Gasteiger partial charge on any atom is 0.317 e. The van der Waals surface area contributed by atoms with E-state index in [9.17, 15) is 14.4 Å². The number of carbonyl (C=O) groups is 2. The van der Waals surface area contributed by atoms with Crippen molar-refractivity contribution in [3.8, 4) is 0 Å². The first-order chi connectivity index (χ1) is 13.0. The summed E-state index contributed by atoms with van der Waals surface area (Å²) < 4.78 is 2.14. The number of amides is 3. The number of pyridine rings is 1. The molecule has 1 aromatic heterocycles. The van der Waals surface area contributed by atoms with Gasteiger partial charge in [0.15, 0.2) is 0 Å². The number of hydrogen-bond donors (Lipinski definition) is 2. The molecule has 0 spiro atoms. The molecule has 0 unspecified atom stereocenters. The molecule has 1 aliphatic heterocycles. The van der Waals surface area contributed by atoms with Crippen molar-refractivity contribution in [3.05, 3.63) is 33.2 Å². The van der Waals surface area contributed by atoms with E-state index < -0.39 is 0 Å². The molecule has 8 heteroatoms. The van der Waals surface area contributed by atoms with Crippen LogP contribution >= 0.6 is 15.9 Å². The Kier molecular flexibility index (Phi) is 6.93. The molecule has 1 saturated carbocycles. The number of aromatic nitrogens is 1. The monoisotopic (exact) mass is 438 g/mol. The van der Waals surface area contributed by atoms with Crippen molar-refractivity contribution in [2.24, 2.45) is 0 Å². The Morgan fingerprint density at radius 3 is 2.37 bits per heavy atom. The number of halogens is 1. The van der Waals surface area contributed by atoms with Crippen molar-refractivity contribution < 1.29 is 9.59 Å². The highest BCUT2D eigenvalue weighted by Crippen LogP contribution is 2.18. The van der Waals surface area contributed by atoms with Crippen molar-refractivity contribution in [2.45, 2.75) is 63.6 Å². The Morgan fingerprint density at radius 1 is 1.00 bits per heavy atom. The molecule has 0 aromatic carbocycles. The predicted octanol–water partition coefficient (Wildman–Crippen LogP) is 2.23. The van der Waals surface area contributed by atoms with Crippen LogP contribution in [0.3, 0.4) is 0 Å². The first-order valence-corrected chi connectivity index (χ1v) is 10.5. The van der Waals surface area contributed by atoms with E-state index in [-0.39, 0.29) is 30.1 Å². The normalized spacial score (nSPS) is 18.9. The lowest BCUT2D eigenvalue weighted by Crippen LogP contribution is -2.51. The fourth-order valence-electron chi connectivity index (χ4n) is 3.79. The SMILES string of the molecule is O=C(Cn1cc(Br)ccc1=O)NC1CCN(C(=O)NC2CCCCC2)CC1. The Bertz CT molecular complexity index is 722. The van der Waals surface area contributed by atoms with Crippen LogP contribution in [0.15, 0.2) is 27.6 Å². The van der Waals surface area contributed by atoms with Crippen LogP contribution in [0.1, 0.15) is 44.9 Å². The van der Waals surface area contributed by atoms with Crippen LogP contribution in [0.4, 0.5) is 4.79 Å². The molecule has 1 saturated heterocycles. The van der Waals surface area contributed by atoms with Gasteiger partial charge in [0.05, 0.1) is 0 Å². The molecule has 2 aliphatic rings. The topological polar surface area (TPSA) is 83.4 Å². The van der Waals surface area contributed by atoms with Gasteiger partial charge in [-0.05, 0) is 47.7 Å². The van der Waals surface area contributed by atoms with Crippen LogP contribution in [0, 0.1) is 0 Å². The van der Waals surface area contributed by atoms with Gasteiger partial charge in [-0.25, -0.2) is 4.79 Å². The third-order valence-electron chi connectivity index (χ3n) is 5.34. The Hall–Kier alpha value is -1.83. The van der Waals surface area contributed by atoms with E-state index in [2.05, 4.69) is 26.6 Å². The maximum absolute atomic E-state index is 12.4. The molecule has 7 nitrogen and oxygen atoms in total. The Labute approximate surface area is 167 Å². The van der Waals surface area contributed by atoms with Gasteiger partial charge in [0, 0.05) is 41.9 Å². The number of nitrogens with zero attached hydrogens (tertiary/aromatic N) is 2. The van der Waals surface area contributed by atoms with E-state index in [1.54, 1.807) is 12.3 Å². The highest BCUT2D eigenvalue weighted by Gasteiger charge is 2.25. The number of rotatable bonds is 4. The van der Waals surface area contributed by atoms with Gasteiger partial charge in [-0.1, -0.05) is 19.3 Å². The van der Waals surface area contributed by atoms with Crippen LogP contribution in [0.2, 0.25) is 0 Å². The first-order valence-electron chi connectivity index (χ1n) is 9.72. The molecule has 0 radical (unpaired) electrons. The summed E-state index contributed by atoms with van der Waals surface area (Å²) in [4.78, 5) is 38.3. The van der Waals surface area contributed by atoms with Gasteiger partial charge in [-0.15, -0.1) is 0 Å². The number of carbonyl (C=O) groups excluding carboxylic acids is 2. The Balaban J connectivity index is 1.42. The molecule has 2 N–H and O–H groups in total. The van der Waals surface area contributed by atoms with Crippen LogP contribution < -0.4 is 16.2 Å². The zero-order chi connectivity index (χ0) is 19.2. The molecule has 3 amide bonds. The van der Waals surface area contributed by atoms with Crippen molar-refractivity contribution in [1.82, 2.24) is 20.1 Å². The summed E-state index contributed by atoms with van der Waals surface area (Å²) in [7, 11) is 0. The zero-order valence-corrected chi connectivity index (χ0v) is 17.0. The second-order valence-electron chi connectivity index (χ2n) is 7.43. The fraction of sp³-hybridized carbons (Fsp3) is 0.632. The third kappa shape index (κ3) is 5.82. The summed E-state index contributed by atoms with van der Waals surface area (Å²) in [6.45, 7) is 1.28. The molecule has 27 heavy (non-hydrogen) atoms. The van der Waals surface area contributed by atoms with E-state index in [4.69, 9.17) is 0 Å². The summed E-state index contributed by atoms with van der Waals surface area (Å²) >= 11 is 3.31. The average molecular weight is 439 g/mol. The van der Waals surface area contributed by atoms with E-state index in [1.165, 1.54) is 29.9 Å². The lowest BCUT2D eigenvalue weighted by molar-refractivity contribution is -0.122. The van der Waals surface area contributed by atoms with E-state index in [0.717, 1.165) is 30.2 Å². The molecule has 1 aliphatic carbocycles. The summed E-state index contributed by atoms with van der Waals surface area (Å²) in [6.07, 6.45) is 8.89. The van der Waals surface area contributed by atoms with Gasteiger partial charge in [-0.3, -0.25) is 9.59 Å². The molecule has 1 aromatic rings. The van der Waals surface area contributed by atoms with Crippen LogP contribution in [0.25, 0.3) is 0 Å². The van der Waals surface area contributed by atoms with Gasteiger partial charge in [-0.2, -0.15) is 0 Å². The number of hydrogen-bond acceptors (Lipinski definition) is 3. The van der Waals surface area contributed by atoms with Gasteiger partial charge < -0.3 is 20.1 Å². The third-order valence-corrected chi connectivity index (χ3v) is 5.81. The highest BCUT2D eigenvalue weighted by molar-refractivity contribution is 9.10. The first kappa shape index (κ1) is 19.9. The van der Waals surface area contributed by atoms with Crippen molar-refractivity contribution >= 4 is 27.9 Å². The summed E-state index contributed by atoms with van der Waals surface area (Å²) in [5, 5.41) is 6.13. The van der Waals surface area contributed by atoms with Crippen molar-refractivity contribution in [2.75, 3.05) is 13.1 Å². The van der Waals surface area contributed by atoms with Crippen LogP contribution in [-0.2, 0) is 11.3 Å². The summed E-state index contributed by atoms with van der Waals surface area (Å²) in [5.74, 6) is -0.180. The van der Waals surface area contributed by atoms with E-state index in [1.807, 2.05) is 4.90 Å². The lowest BCUT2D eigenvalue weighted by atomic mass is 9.95. The zero-order valence-electron chi connectivity index (χ0n) is 15.5. The quantitative estimate of drug-likeness (QED) is 0.755. The second-order valence-corrected chi connectivity index (χ2v) is 8.34. The molecule has 2 fully saturated rings. The van der Waals surface area contributed by atoms with E-state index >= 15 is 0 Å².